The van der Waals surface area contributed by atoms with E-state index < -0.39 is 18.2 Å². The summed E-state index contributed by atoms with van der Waals surface area (Å²) in [7, 11) is 0. The number of carbonyl (C=O) groups excluding carboxylic acids is 1. The fourth-order valence-electron chi connectivity index (χ4n) is 5.11. The van der Waals surface area contributed by atoms with E-state index in [1.54, 1.807) is 17.2 Å². The van der Waals surface area contributed by atoms with Crippen molar-refractivity contribution in [2.24, 2.45) is 5.73 Å². The maximum atomic E-state index is 13.5. The van der Waals surface area contributed by atoms with Crippen LogP contribution in [0.2, 0.25) is 0 Å². The summed E-state index contributed by atoms with van der Waals surface area (Å²) in [5, 5.41) is 0. The van der Waals surface area contributed by atoms with Gasteiger partial charge in [0.25, 0.3) is 0 Å². The molecule has 0 saturated carbocycles. The van der Waals surface area contributed by atoms with Crippen molar-refractivity contribution in [1.82, 2.24) is 19.8 Å². The summed E-state index contributed by atoms with van der Waals surface area (Å²) >= 11 is 0. The van der Waals surface area contributed by atoms with Crippen molar-refractivity contribution in [3.63, 3.8) is 0 Å². The van der Waals surface area contributed by atoms with Gasteiger partial charge in [0.05, 0.1) is 17.9 Å². The third kappa shape index (κ3) is 5.90. The minimum Gasteiger partial charge on any atom is -0.477 e. The van der Waals surface area contributed by atoms with Gasteiger partial charge >= 0.3 is 12.2 Å². The number of hydrogen-bond donors (Lipinski definition) is 1. The average Bonchev–Trinajstić information content (AvgIpc) is 3.43. The Labute approximate surface area is 220 Å². The number of urea groups is 1. The third-order valence-electron chi connectivity index (χ3n) is 6.94. The second kappa shape index (κ2) is 12.1. The number of aromatic nitrogens is 2. The van der Waals surface area contributed by atoms with Gasteiger partial charge in [-0.25, -0.2) is 14.8 Å². The van der Waals surface area contributed by atoms with Crippen LogP contribution in [0, 0.1) is 0 Å². The Morgan fingerprint density at radius 2 is 1.95 bits per heavy atom. The Morgan fingerprint density at radius 1 is 1.13 bits per heavy atom. The Hall–Kier alpha value is -3.28. The molecule has 9 nitrogen and oxygen atoms in total. The maximum Gasteiger partial charge on any atom is 0.408 e. The number of carbonyl (C=O) groups is 1. The van der Waals surface area contributed by atoms with Gasteiger partial charge in [-0.2, -0.15) is 13.2 Å². The number of amides is 2. The number of hydrogen-bond acceptors (Lipinski definition) is 7. The molecule has 2 aliphatic heterocycles. The molecule has 4 rings (SSSR count). The largest absolute Gasteiger partial charge is 0.477 e. The van der Waals surface area contributed by atoms with Crippen molar-refractivity contribution in [3.8, 4) is 23.0 Å². The lowest BCUT2D eigenvalue weighted by Crippen LogP contribution is -2.59. The molecule has 208 valence electrons. The average molecular weight is 537 g/mol. The number of rotatable bonds is 8. The van der Waals surface area contributed by atoms with E-state index >= 15 is 0 Å². The summed E-state index contributed by atoms with van der Waals surface area (Å²) in [6.45, 7) is 6.07. The molecule has 0 unspecified atom stereocenters. The highest BCUT2D eigenvalue weighted by atomic mass is 19.4. The van der Waals surface area contributed by atoms with Crippen LogP contribution in [0.15, 0.2) is 30.5 Å². The summed E-state index contributed by atoms with van der Waals surface area (Å²) in [6, 6.07) is 5.08. The van der Waals surface area contributed by atoms with Crippen LogP contribution in [0.4, 0.5) is 23.7 Å². The molecular formula is C26H35F3N6O3. The van der Waals surface area contributed by atoms with Gasteiger partial charge in [0.2, 0.25) is 11.8 Å². The van der Waals surface area contributed by atoms with Crippen LogP contribution >= 0.6 is 0 Å². The summed E-state index contributed by atoms with van der Waals surface area (Å²) in [5.41, 5.74) is 7.80. The first kappa shape index (κ1) is 27.7. The predicted molar refractivity (Wildman–Crippen MR) is 137 cm³/mol. The van der Waals surface area contributed by atoms with E-state index in [1.165, 1.54) is 0 Å². The van der Waals surface area contributed by atoms with E-state index in [1.807, 2.05) is 32.0 Å². The van der Waals surface area contributed by atoms with E-state index in [0.717, 1.165) is 16.2 Å². The third-order valence-corrected chi connectivity index (χ3v) is 6.94. The molecule has 12 heteroatoms. The number of nitrogens with two attached hydrogens (primary N) is 1. The molecule has 2 N–H and O–H groups in total. The smallest absolute Gasteiger partial charge is 0.408 e. The molecule has 2 aromatic rings. The van der Waals surface area contributed by atoms with Gasteiger partial charge < -0.3 is 29.9 Å². The zero-order chi connectivity index (χ0) is 27.3. The normalized spacial score (nSPS) is 20.1. The van der Waals surface area contributed by atoms with Gasteiger partial charge in [-0.3, -0.25) is 0 Å². The lowest BCUT2D eigenvalue weighted by molar-refractivity contribution is -0.170. The van der Waals surface area contributed by atoms with Gasteiger partial charge in [-0.15, -0.1) is 0 Å². The Balaban J connectivity index is 1.57. The predicted octanol–water partition coefficient (Wildman–Crippen LogP) is 3.93. The number of pyridine rings is 2. The highest BCUT2D eigenvalue weighted by molar-refractivity contribution is 5.76. The molecule has 0 aromatic carbocycles. The molecule has 0 bridgehead atoms. The molecule has 0 aliphatic carbocycles. The van der Waals surface area contributed by atoms with E-state index in [4.69, 9.17) is 20.2 Å². The molecule has 4 heterocycles. The summed E-state index contributed by atoms with van der Waals surface area (Å²) < 4.78 is 52.0. The number of anilines is 1. The standard InChI is InChI=1S/C26H35F3N6O3/c1-3-18-17-33(25(36)35-13-6-8-22(35)26(27,28)29)14-15-34(18)21-10-9-20(32-24(21)38-16-11-30)19-7-5-12-31-23(19)37-4-2/h5,7,9-10,12,18,22H,3-4,6,8,11,13-17,30H2,1-2H3/t18-,22+/m1/s1. The van der Waals surface area contributed by atoms with Crippen LogP contribution in [0.25, 0.3) is 11.3 Å². The quantitative estimate of drug-likeness (QED) is 0.546. The SMILES string of the molecule is CCOc1ncccc1-c1ccc(N2CCN(C(=O)N3CCC[C@H]3C(F)(F)F)C[C@H]2CC)c(OCCN)n1. The van der Waals surface area contributed by atoms with Gasteiger partial charge in [0.15, 0.2) is 0 Å². The number of alkyl halides is 3. The molecule has 2 aliphatic rings. The molecule has 2 saturated heterocycles. The van der Waals surface area contributed by atoms with Crippen molar-refractivity contribution in [3.05, 3.63) is 30.5 Å². The van der Waals surface area contributed by atoms with Crippen LogP contribution in [-0.4, -0.2) is 90.0 Å². The first-order valence-corrected chi connectivity index (χ1v) is 13.1. The fourth-order valence-corrected chi connectivity index (χ4v) is 5.11. The number of nitrogens with zero attached hydrogens (tertiary/aromatic N) is 5. The van der Waals surface area contributed by atoms with Gasteiger partial charge in [0, 0.05) is 45.0 Å². The second-order valence-electron chi connectivity index (χ2n) is 9.32. The Morgan fingerprint density at radius 3 is 2.66 bits per heavy atom. The minimum absolute atomic E-state index is 0.0474. The Kier molecular flexibility index (Phi) is 8.80. The zero-order valence-corrected chi connectivity index (χ0v) is 21.8. The molecule has 2 amide bonds. The van der Waals surface area contributed by atoms with Gasteiger partial charge in [0.1, 0.15) is 18.3 Å². The number of likely N-dealkylation sites (tertiary alicyclic amines) is 1. The van der Waals surface area contributed by atoms with E-state index in [0.29, 0.717) is 63.1 Å². The van der Waals surface area contributed by atoms with Crippen molar-refractivity contribution >= 4 is 11.7 Å². The summed E-state index contributed by atoms with van der Waals surface area (Å²) in [5.74, 6) is 0.867. The molecule has 2 atom stereocenters. The van der Waals surface area contributed by atoms with Crippen LogP contribution in [-0.2, 0) is 0 Å². The topological polar surface area (TPSA) is 97.0 Å². The number of piperazine rings is 1. The van der Waals surface area contributed by atoms with E-state index in [2.05, 4.69) is 9.88 Å². The molecule has 2 aromatic heterocycles. The second-order valence-corrected chi connectivity index (χ2v) is 9.32. The van der Waals surface area contributed by atoms with Crippen LogP contribution in [0.3, 0.4) is 0 Å². The minimum atomic E-state index is -4.42. The lowest BCUT2D eigenvalue weighted by Gasteiger charge is -2.44. The molecule has 0 spiro atoms. The van der Waals surface area contributed by atoms with E-state index in [-0.39, 0.29) is 25.6 Å². The molecule has 0 radical (unpaired) electrons. The van der Waals surface area contributed by atoms with Crippen LogP contribution < -0.4 is 20.1 Å². The van der Waals surface area contributed by atoms with Crippen molar-refractivity contribution in [2.75, 3.05) is 50.8 Å². The highest BCUT2D eigenvalue weighted by Crippen LogP contribution is 2.37. The number of ether oxygens (including phenoxy) is 2. The monoisotopic (exact) mass is 536 g/mol. The van der Waals surface area contributed by atoms with E-state index in [9.17, 15) is 18.0 Å². The van der Waals surface area contributed by atoms with Gasteiger partial charge in [-0.1, -0.05) is 6.92 Å². The van der Waals surface area contributed by atoms with Gasteiger partial charge in [-0.05, 0) is 50.5 Å². The maximum absolute atomic E-state index is 13.5. The summed E-state index contributed by atoms with van der Waals surface area (Å²) in [4.78, 5) is 26.8. The van der Waals surface area contributed by atoms with Crippen LogP contribution in [0.1, 0.15) is 33.1 Å². The molecule has 2 fully saturated rings. The fraction of sp³-hybridized carbons (Fsp3) is 0.577. The lowest BCUT2D eigenvalue weighted by atomic mass is 10.1. The molecule has 38 heavy (non-hydrogen) atoms. The summed E-state index contributed by atoms with van der Waals surface area (Å²) in [6.07, 6.45) is -1.78. The van der Waals surface area contributed by atoms with Crippen LogP contribution in [0.5, 0.6) is 11.8 Å². The van der Waals surface area contributed by atoms with Crippen molar-refractivity contribution in [1.29, 1.82) is 0 Å². The molecular weight excluding hydrogens is 501 g/mol. The number of halogens is 3. The zero-order valence-electron chi connectivity index (χ0n) is 21.8. The highest BCUT2D eigenvalue weighted by Gasteiger charge is 2.49. The van der Waals surface area contributed by atoms with Crippen molar-refractivity contribution in [2.45, 2.75) is 51.4 Å². The first-order chi connectivity index (χ1) is 18.3. The first-order valence-electron chi connectivity index (χ1n) is 13.1. The van der Waals surface area contributed by atoms with Crippen molar-refractivity contribution < 1.29 is 27.4 Å². The Bertz CT molecular complexity index is 1100.